The fourth-order valence-corrected chi connectivity index (χ4v) is 1.02. The molecule has 0 unspecified atom stereocenters. The van der Waals surface area contributed by atoms with Crippen molar-refractivity contribution in [1.29, 1.82) is 0 Å². The maximum atomic E-state index is 11.0. The molecular formula is C8H14O5. The van der Waals surface area contributed by atoms with E-state index in [1.807, 2.05) is 0 Å². The van der Waals surface area contributed by atoms with Crippen LogP contribution >= 0.6 is 0 Å². The molecule has 0 radical (unpaired) electrons. The summed E-state index contributed by atoms with van der Waals surface area (Å²) in [6, 6.07) is 0. The maximum Gasteiger partial charge on any atom is 0.349 e. The lowest BCUT2D eigenvalue weighted by Crippen LogP contribution is -2.48. The van der Waals surface area contributed by atoms with Gasteiger partial charge in [0, 0.05) is 6.42 Å². The zero-order valence-corrected chi connectivity index (χ0v) is 7.90. The first-order valence-corrected chi connectivity index (χ1v) is 3.88. The van der Waals surface area contributed by atoms with E-state index in [0.29, 0.717) is 0 Å². The van der Waals surface area contributed by atoms with Crippen molar-refractivity contribution in [2.24, 2.45) is 5.92 Å². The van der Waals surface area contributed by atoms with Crippen LogP contribution in [0.2, 0.25) is 0 Å². The molecule has 5 heteroatoms. The van der Waals surface area contributed by atoms with Gasteiger partial charge in [-0.25, -0.2) is 9.59 Å². The van der Waals surface area contributed by atoms with Gasteiger partial charge in [0.15, 0.2) is 0 Å². The van der Waals surface area contributed by atoms with Crippen LogP contribution in [0, 0.1) is 5.92 Å². The molecule has 5 nitrogen and oxygen atoms in total. The molecule has 0 fully saturated rings. The number of hydrogen-bond acceptors (Lipinski definition) is 4. The Morgan fingerprint density at radius 1 is 1.46 bits per heavy atom. The molecule has 0 saturated heterocycles. The lowest BCUT2D eigenvalue weighted by Gasteiger charge is -2.21. The quantitative estimate of drug-likeness (QED) is 0.482. The van der Waals surface area contributed by atoms with Crippen LogP contribution in [0.4, 0.5) is 0 Å². The van der Waals surface area contributed by atoms with E-state index in [2.05, 4.69) is 4.74 Å². The van der Waals surface area contributed by atoms with Crippen LogP contribution in [0.15, 0.2) is 0 Å². The minimum absolute atomic E-state index is 0.111. The predicted octanol–water partition coefficient (Wildman–Crippen LogP) is 0.0212. The van der Waals surface area contributed by atoms with Crippen LogP contribution in [0.25, 0.3) is 0 Å². The van der Waals surface area contributed by atoms with Crippen LogP contribution in [0.1, 0.15) is 20.3 Å². The molecule has 0 amide bonds. The molecule has 2 N–H and O–H groups in total. The smallest absolute Gasteiger partial charge is 0.349 e. The number of carbonyl (C=O) groups excluding carboxylic acids is 1. The van der Waals surface area contributed by atoms with E-state index in [4.69, 9.17) is 5.11 Å². The molecule has 0 aliphatic heterocycles. The van der Waals surface area contributed by atoms with E-state index in [0.717, 1.165) is 7.11 Å². The minimum atomic E-state index is -2.41. The number of ether oxygens (including phenoxy) is 1. The molecule has 13 heavy (non-hydrogen) atoms. The number of aliphatic hydroxyl groups is 1. The van der Waals surface area contributed by atoms with E-state index < -0.39 is 17.5 Å². The number of methoxy groups -OCH3 is 1. The Balaban J connectivity index is 4.73. The van der Waals surface area contributed by atoms with Gasteiger partial charge in [-0.15, -0.1) is 0 Å². The minimum Gasteiger partial charge on any atom is -0.479 e. The predicted molar refractivity (Wildman–Crippen MR) is 44.1 cm³/mol. The highest BCUT2D eigenvalue weighted by Crippen LogP contribution is 2.18. The van der Waals surface area contributed by atoms with E-state index in [1.54, 1.807) is 13.8 Å². The molecule has 0 heterocycles. The van der Waals surface area contributed by atoms with Gasteiger partial charge in [0.05, 0.1) is 7.11 Å². The van der Waals surface area contributed by atoms with Crippen molar-refractivity contribution in [3.8, 4) is 0 Å². The van der Waals surface area contributed by atoms with Gasteiger partial charge in [-0.1, -0.05) is 13.8 Å². The molecule has 0 spiro atoms. The van der Waals surface area contributed by atoms with Gasteiger partial charge in [0.25, 0.3) is 5.60 Å². The summed E-state index contributed by atoms with van der Waals surface area (Å²) in [6.45, 7) is 3.41. The second kappa shape index (κ2) is 4.23. The summed E-state index contributed by atoms with van der Waals surface area (Å²) in [4.78, 5) is 21.6. The molecule has 0 aliphatic carbocycles. The highest BCUT2D eigenvalue weighted by Gasteiger charge is 2.45. The number of hydrogen-bond donors (Lipinski definition) is 2. The van der Waals surface area contributed by atoms with Gasteiger partial charge < -0.3 is 14.9 Å². The van der Waals surface area contributed by atoms with Crippen LogP contribution in [-0.2, 0) is 14.3 Å². The van der Waals surface area contributed by atoms with Gasteiger partial charge >= 0.3 is 11.9 Å². The Kier molecular flexibility index (Phi) is 3.87. The summed E-state index contributed by atoms with van der Waals surface area (Å²) in [5.74, 6) is -2.82. The molecule has 0 aromatic carbocycles. The van der Waals surface area contributed by atoms with E-state index >= 15 is 0 Å². The SMILES string of the molecule is COC(=O)[C@@](O)(CC(C)C)C(=O)O. The molecule has 0 aliphatic rings. The zero-order valence-electron chi connectivity index (χ0n) is 7.90. The first-order valence-electron chi connectivity index (χ1n) is 3.88. The molecule has 0 saturated carbocycles. The second-order valence-electron chi connectivity index (χ2n) is 3.25. The van der Waals surface area contributed by atoms with Crippen LogP contribution < -0.4 is 0 Å². The first kappa shape index (κ1) is 11.9. The summed E-state index contributed by atoms with van der Waals surface area (Å²) >= 11 is 0. The Labute approximate surface area is 76.3 Å². The van der Waals surface area contributed by atoms with E-state index in [1.165, 1.54) is 0 Å². The fourth-order valence-electron chi connectivity index (χ4n) is 1.02. The van der Waals surface area contributed by atoms with Crippen molar-refractivity contribution in [1.82, 2.24) is 0 Å². The number of carboxylic acid groups (broad SMARTS) is 1. The largest absolute Gasteiger partial charge is 0.479 e. The topological polar surface area (TPSA) is 83.8 Å². The average Bonchev–Trinajstić information content (AvgIpc) is 2.01. The van der Waals surface area contributed by atoms with Crippen molar-refractivity contribution in [2.75, 3.05) is 7.11 Å². The molecule has 0 bridgehead atoms. The third-order valence-corrected chi connectivity index (χ3v) is 1.58. The highest BCUT2D eigenvalue weighted by molar-refractivity contribution is 6.02. The molecule has 0 rings (SSSR count). The van der Waals surface area contributed by atoms with Gasteiger partial charge in [-0.3, -0.25) is 0 Å². The Morgan fingerprint density at radius 2 is 1.92 bits per heavy atom. The van der Waals surface area contributed by atoms with Crippen molar-refractivity contribution in [2.45, 2.75) is 25.9 Å². The van der Waals surface area contributed by atoms with Crippen molar-refractivity contribution in [3.63, 3.8) is 0 Å². The van der Waals surface area contributed by atoms with Gasteiger partial charge in [-0.2, -0.15) is 0 Å². The third kappa shape index (κ3) is 2.69. The molecule has 0 aromatic heterocycles. The van der Waals surface area contributed by atoms with Crippen LogP contribution in [-0.4, -0.2) is 34.9 Å². The van der Waals surface area contributed by atoms with Crippen LogP contribution in [0.5, 0.6) is 0 Å². The summed E-state index contributed by atoms with van der Waals surface area (Å²) in [5, 5.41) is 18.1. The zero-order chi connectivity index (χ0) is 10.6. The number of carbonyl (C=O) groups is 2. The van der Waals surface area contributed by atoms with Crippen molar-refractivity contribution < 1.29 is 24.5 Å². The normalized spacial score (nSPS) is 15.2. The lowest BCUT2D eigenvalue weighted by atomic mass is 9.92. The molecule has 0 aromatic rings. The third-order valence-electron chi connectivity index (χ3n) is 1.58. The van der Waals surface area contributed by atoms with Crippen LogP contribution in [0.3, 0.4) is 0 Å². The van der Waals surface area contributed by atoms with Crippen molar-refractivity contribution in [3.05, 3.63) is 0 Å². The fraction of sp³-hybridized carbons (Fsp3) is 0.750. The first-order chi connectivity index (χ1) is 5.84. The lowest BCUT2D eigenvalue weighted by molar-refractivity contribution is -0.180. The summed E-state index contributed by atoms with van der Waals surface area (Å²) in [6.07, 6.45) is -0.158. The Bertz CT molecular complexity index is 211. The van der Waals surface area contributed by atoms with E-state index in [-0.39, 0.29) is 12.3 Å². The summed E-state index contributed by atoms with van der Waals surface area (Å²) < 4.78 is 4.21. The number of esters is 1. The van der Waals surface area contributed by atoms with Gasteiger partial charge in [0.2, 0.25) is 0 Å². The van der Waals surface area contributed by atoms with Crippen molar-refractivity contribution >= 4 is 11.9 Å². The van der Waals surface area contributed by atoms with Gasteiger partial charge in [0.1, 0.15) is 0 Å². The summed E-state index contributed by atoms with van der Waals surface area (Å²) in [7, 11) is 1.04. The maximum absolute atomic E-state index is 11.0. The standard InChI is InChI=1S/C8H14O5/c1-5(2)4-8(12,6(9)10)7(11)13-3/h5,12H,4H2,1-3H3,(H,9,10)/t8-/m1/s1. The number of carboxylic acids is 1. The van der Waals surface area contributed by atoms with Gasteiger partial charge in [-0.05, 0) is 5.92 Å². The summed E-state index contributed by atoms with van der Waals surface area (Å²) in [5.41, 5.74) is -2.41. The second-order valence-corrected chi connectivity index (χ2v) is 3.25. The Hall–Kier alpha value is -1.10. The van der Waals surface area contributed by atoms with E-state index in [9.17, 15) is 14.7 Å². The highest BCUT2D eigenvalue weighted by atomic mass is 16.5. The molecule has 76 valence electrons. The number of aliphatic carboxylic acids is 1. The molecule has 1 atom stereocenters. The Morgan fingerprint density at radius 3 is 2.15 bits per heavy atom. The monoisotopic (exact) mass is 190 g/mol. The molecular weight excluding hydrogens is 176 g/mol. The number of rotatable bonds is 4. The average molecular weight is 190 g/mol.